The maximum atomic E-state index is 10.3. The monoisotopic (exact) mass is 258 g/mol. The maximum absolute atomic E-state index is 10.3. The third-order valence-electron chi connectivity index (χ3n) is 4.61. The second-order valence-corrected chi connectivity index (χ2v) is 6.59. The van der Waals surface area contributed by atoms with Gasteiger partial charge in [0.05, 0.1) is 0 Å². The Morgan fingerprint density at radius 1 is 1.26 bits per heavy atom. The minimum atomic E-state index is -0.172. The van der Waals surface area contributed by atoms with Crippen LogP contribution in [0.1, 0.15) is 50.7 Å². The van der Waals surface area contributed by atoms with Crippen LogP contribution in [-0.2, 0) is 0 Å². The van der Waals surface area contributed by atoms with Crippen LogP contribution in [0.3, 0.4) is 0 Å². The van der Waals surface area contributed by atoms with Crippen molar-refractivity contribution in [3.8, 4) is 11.5 Å². The third kappa shape index (κ3) is 1.94. The predicted octanol–water partition coefficient (Wildman–Crippen LogP) is 4.31. The van der Waals surface area contributed by atoms with E-state index in [9.17, 15) is 5.11 Å². The summed E-state index contributed by atoms with van der Waals surface area (Å²) in [5, 5.41) is 10.3. The molecule has 0 bridgehead atoms. The molecule has 1 aliphatic heterocycles. The molecule has 1 aromatic carbocycles. The van der Waals surface area contributed by atoms with Gasteiger partial charge in [0.15, 0.2) is 0 Å². The van der Waals surface area contributed by atoms with Gasteiger partial charge in [-0.1, -0.05) is 11.6 Å². The zero-order valence-electron chi connectivity index (χ0n) is 12.2. The number of aryl methyl sites for hydroxylation is 1. The van der Waals surface area contributed by atoms with Gasteiger partial charge < -0.3 is 9.84 Å². The lowest BCUT2D eigenvalue weighted by Gasteiger charge is -2.46. The van der Waals surface area contributed by atoms with E-state index in [0.29, 0.717) is 11.7 Å². The first-order chi connectivity index (χ1) is 8.88. The molecule has 2 atom stereocenters. The van der Waals surface area contributed by atoms with Crippen LogP contribution in [0.2, 0.25) is 0 Å². The Bertz CT molecular complexity index is 555. The molecule has 0 spiro atoms. The topological polar surface area (TPSA) is 29.5 Å². The molecule has 2 nitrogen and oxygen atoms in total. The number of allylic oxidation sites excluding steroid dienone is 2. The smallest absolute Gasteiger partial charge is 0.127 e. The fourth-order valence-electron chi connectivity index (χ4n) is 3.66. The average molecular weight is 258 g/mol. The van der Waals surface area contributed by atoms with Crippen LogP contribution < -0.4 is 4.74 Å². The molecule has 1 aromatic rings. The van der Waals surface area contributed by atoms with Crippen LogP contribution in [-0.4, -0.2) is 10.7 Å². The highest BCUT2D eigenvalue weighted by atomic mass is 16.5. The number of phenolic OH excluding ortho intramolecular Hbond substituents is 1. The summed E-state index contributed by atoms with van der Waals surface area (Å²) in [5.74, 6) is 1.96. The second kappa shape index (κ2) is 4.03. The van der Waals surface area contributed by atoms with Gasteiger partial charge in [-0.2, -0.15) is 0 Å². The molecule has 102 valence electrons. The highest BCUT2D eigenvalue weighted by Gasteiger charge is 2.45. The predicted molar refractivity (Wildman–Crippen MR) is 76.8 cm³/mol. The van der Waals surface area contributed by atoms with Crippen LogP contribution in [0.25, 0.3) is 0 Å². The molecule has 2 aliphatic rings. The van der Waals surface area contributed by atoms with E-state index in [4.69, 9.17) is 4.74 Å². The molecule has 1 N–H and O–H groups in total. The van der Waals surface area contributed by atoms with Gasteiger partial charge in [-0.3, -0.25) is 0 Å². The van der Waals surface area contributed by atoms with Crippen molar-refractivity contribution >= 4 is 0 Å². The van der Waals surface area contributed by atoms with E-state index in [1.54, 1.807) is 0 Å². The molecule has 1 aliphatic carbocycles. The Kier molecular flexibility index (Phi) is 2.67. The van der Waals surface area contributed by atoms with Crippen molar-refractivity contribution in [3.63, 3.8) is 0 Å². The number of rotatable bonds is 0. The average Bonchev–Trinajstić information content (AvgIpc) is 2.25. The molecule has 0 amide bonds. The second-order valence-electron chi connectivity index (χ2n) is 6.59. The lowest BCUT2D eigenvalue weighted by Crippen LogP contribution is -2.45. The molecule has 3 rings (SSSR count). The first-order valence-corrected chi connectivity index (χ1v) is 7.08. The van der Waals surface area contributed by atoms with Crippen molar-refractivity contribution in [1.82, 2.24) is 0 Å². The molecule has 1 heterocycles. The van der Waals surface area contributed by atoms with Crippen molar-refractivity contribution in [2.24, 2.45) is 5.92 Å². The van der Waals surface area contributed by atoms with Gasteiger partial charge in [0.25, 0.3) is 0 Å². The summed E-state index contributed by atoms with van der Waals surface area (Å²) in [6, 6.07) is 3.89. The van der Waals surface area contributed by atoms with Crippen molar-refractivity contribution in [1.29, 1.82) is 0 Å². The number of phenols is 1. The number of aromatic hydroxyl groups is 1. The highest BCUT2D eigenvalue weighted by molar-refractivity contribution is 5.53. The van der Waals surface area contributed by atoms with E-state index < -0.39 is 0 Å². The Morgan fingerprint density at radius 3 is 2.74 bits per heavy atom. The molecule has 0 radical (unpaired) electrons. The van der Waals surface area contributed by atoms with Crippen LogP contribution in [0.4, 0.5) is 0 Å². The molecule has 0 unspecified atom stereocenters. The van der Waals surface area contributed by atoms with E-state index >= 15 is 0 Å². The SMILES string of the molecule is CC1=C[C@H]2c3c(O)cc(C)cc3OC(C)(C)[C@@H]2CC1. The van der Waals surface area contributed by atoms with Crippen LogP contribution in [0.15, 0.2) is 23.8 Å². The zero-order chi connectivity index (χ0) is 13.8. The summed E-state index contributed by atoms with van der Waals surface area (Å²) in [4.78, 5) is 0. The van der Waals surface area contributed by atoms with E-state index in [1.807, 2.05) is 19.1 Å². The fraction of sp³-hybridized carbons (Fsp3) is 0.529. The Balaban J connectivity index is 2.21. The molecule has 2 heteroatoms. The highest BCUT2D eigenvalue weighted by Crippen LogP contribution is 2.53. The van der Waals surface area contributed by atoms with Gasteiger partial charge in [0.1, 0.15) is 17.1 Å². The Labute approximate surface area is 115 Å². The molecule has 0 fully saturated rings. The standard InChI is InChI=1S/C17H22O2/c1-10-5-6-13-12(7-10)16-14(18)8-11(2)9-15(16)19-17(13,3)4/h7-9,12-13,18H,5-6H2,1-4H3/t12-,13-/m1/s1. The molecular formula is C17H22O2. The minimum Gasteiger partial charge on any atom is -0.507 e. The lowest BCUT2D eigenvalue weighted by atomic mass is 9.68. The quantitative estimate of drug-likeness (QED) is 0.703. The number of fused-ring (bicyclic) bond motifs is 3. The molecule has 0 saturated carbocycles. The van der Waals surface area contributed by atoms with E-state index in [0.717, 1.165) is 29.7 Å². The van der Waals surface area contributed by atoms with Gasteiger partial charge in [-0.25, -0.2) is 0 Å². The molecule has 0 aromatic heterocycles. The lowest BCUT2D eigenvalue weighted by molar-refractivity contribution is 0.0107. The number of hydrogen-bond donors (Lipinski definition) is 1. The summed E-state index contributed by atoms with van der Waals surface area (Å²) in [6.07, 6.45) is 4.59. The van der Waals surface area contributed by atoms with Gasteiger partial charge >= 0.3 is 0 Å². The summed E-state index contributed by atoms with van der Waals surface area (Å²) < 4.78 is 6.20. The summed E-state index contributed by atoms with van der Waals surface area (Å²) in [5.41, 5.74) is 3.27. The Morgan fingerprint density at radius 2 is 2.00 bits per heavy atom. The van der Waals surface area contributed by atoms with Crippen molar-refractivity contribution in [2.75, 3.05) is 0 Å². The number of ether oxygens (including phenoxy) is 1. The van der Waals surface area contributed by atoms with E-state index in [2.05, 4.69) is 26.8 Å². The molecule has 19 heavy (non-hydrogen) atoms. The van der Waals surface area contributed by atoms with Crippen LogP contribution in [0.5, 0.6) is 11.5 Å². The van der Waals surface area contributed by atoms with Gasteiger partial charge in [0.2, 0.25) is 0 Å². The van der Waals surface area contributed by atoms with Crippen LogP contribution in [0, 0.1) is 12.8 Å². The van der Waals surface area contributed by atoms with Crippen molar-refractivity contribution in [2.45, 2.75) is 52.1 Å². The number of hydrogen-bond acceptors (Lipinski definition) is 2. The van der Waals surface area contributed by atoms with Gasteiger partial charge in [-0.15, -0.1) is 0 Å². The molecule has 0 saturated heterocycles. The van der Waals surface area contributed by atoms with Gasteiger partial charge in [0, 0.05) is 17.4 Å². The van der Waals surface area contributed by atoms with Crippen molar-refractivity contribution < 1.29 is 9.84 Å². The number of benzene rings is 1. The van der Waals surface area contributed by atoms with Gasteiger partial charge in [-0.05, 0) is 58.2 Å². The van der Waals surface area contributed by atoms with Crippen LogP contribution >= 0.6 is 0 Å². The van der Waals surface area contributed by atoms with Crippen molar-refractivity contribution in [3.05, 3.63) is 34.9 Å². The zero-order valence-corrected chi connectivity index (χ0v) is 12.2. The molecular weight excluding hydrogens is 236 g/mol. The van der Waals surface area contributed by atoms with E-state index in [-0.39, 0.29) is 11.5 Å². The Hall–Kier alpha value is -1.44. The first kappa shape index (κ1) is 12.6. The summed E-state index contributed by atoms with van der Waals surface area (Å²) in [7, 11) is 0. The summed E-state index contributed by atoms with van der Waals surface area (Å²) >= 11 is 0. The first-order valence-electron chi connectivity index (χ1n) is 7.08. The summed E-state index contributed by atoms with van der Waals surface area (Å²) in [6.45, 7) is 8.51. The maximum Gasteiger partial charge on any atom is 0.127 e. The fourth-order valence-corrected chi connectivity index (χ4v) is 3.66. The van der Waals surface area contributed by atoms with E-state index in [1.165, 1.54) is 5.57 Å². The largest absolute Gasteiger partial charge is 0.507 e. The normalized spacial score (nSPS) is 27.9. The minimum absolute atomic E-state index is 0.172. The third-order valence-corrected chi connectivity index (χ3v) is 4.61.